The Morgan fingerprint density at radius 3 is 1.24 bits per heavy atom. The van der Waals surface area contributed by atoms with E-state index in [1.54, 1.807) is 13.8 Å². The molecule has 1 radical (unpaired) electrons. The summed E-state index contributed by atoms with van der Waals surface area (Å²) in [5.74, 6) is -3.59. The van der Waals surface area contributed by atoms with E-state index in [1.165, 1.54) is 0 Å². The maximum atomic E-state index is 10.4. The van der Waals surface area contributed by atoms with Gasteiger partial charge in [0.25, 0.3) is 0 Å². The van der Waals surface area contributed by atoms with Crippen LogP contribution in [0.15, 0.2) is 24.3 Å². The van der Waals surface area contributed by atoms with E-state index >= 15 is 0 Å². The van der Waals surface area contributed by atoms with Gasteiger partial charge in [-0.2, -0.15) is 0 Å². The zero-order chi connectivity index (χ0) is 16.0. The summed E-state index contributed by atoms with van der Waals surface area (Å²) < 4.78 is 8.81. The van der Waals surface area contributed by atoms with E-state index in [2.05, 4.69) is 9.47 Å². The van der Waals surface area contributed by atoms with Gasteiger partial charge in [0.15, 0.2) is 0 Å². The van der Waals surface area contributed by atoms with E-state index < -0.39 is 23.9 Å². The van der Waals surface area contributed by atoms with Crippen LogP contribution in [-0.4, -0.2) is 47.3 Å². The molecule has 21 heavy (non-hydrogen) atoms. The number of hydrogen-bond donors (Lipinski definition) is 2. The van der Waals surface area contributed by atoms with Gasteiger partial charge in [-0.25, -0.2) is 19.2 Å². The Labute approximate surface area is 131 Å². The van der Waals surface area contributed by atoms with E-state index in [0.717, 1.165) is 24.3 Å². The van der Waals surface area contributed by atoms with Crippen molar-refractivity contribution in [3.05, 3.63) is 24.3 Å². The van der Waals surface area contributed by atoms with Gasteiger partial charge in [-0.15, -0.1) is 0 Å². The van der Waals surface area contributed by atoms with Gasteiger partial charge in [0.1, 0.15) is 0 Å². The van der Waals surface area contributed by atoms with Crippen LogP contribution in [0.4, 0.5) is 0 Å². The molecule has 0 heterocycles. The summed E-state index contributed by atoms with van der Waals surface area (Å²) in [5, 5.41) is 16.1. The quantitative estimate of drug-likeness (QED) is 0.399. The maximum Gasteiger partial charge on any atom is 0.330 e. The molecule has 0 fully saturated rings. The molecule has 0 aliphatic heterocycles. The number of carbonyl (C=O) groups excluding carboxylic acids is 2. The molecule has 0 aromatic carbocycles. The molecular weight excluding hydrogens is 336 g/mol. The number of ether oxygens (including phenoxy) is 2. The molecule has 2 N–H and O–H groups in total. The fourth-order valence-corrected chi connectivity index (χ4v) is 0.659. The Morgan fingerprint density at radius 2 is 1.05 bits per heavy atom. The number of rotatable bonds is 6. The van der Waals surface area contributed by atoms with Crippen LogP contribution in [0.3, 0.4) is 0 Å². The van der Waals surface area contributed by atoms with Crippen molar-refractivity contribution in [2.45, 2.75) is 13.8 Å². The van der Waals surface area contributed by atoms with Crippen LogP contribution in [0.1, 0.15) is 13.8 Å². The number of hydrogen-bond acceptors (Lipinski definition) is 6. The fraction of sp³-hybridized carbons (Fsp3) is 0.333. The van der Waals surface area contributed by atoms with Crippen LogP contribution < -0.4 is 0 Å². The van der Waals surface area contributed by atoms with Gasteiger partial charge in [0.2, 0.25) is 0 Å². The van der Waals surface area contributed by atoms with Crippen molar-refractivity contribution in [2.24, 2.45) is 0 Å². The van der Waals surface area contributed by atoms with Crippen molar-refractivity contribution in [1.82, 2.24) is 0 Å². The van der Waals surface area contributed by atoms with Gasteiger partial charge >= 0.3 is 23.9 Å². The van der Waals surface area contributed by atoms with Crippen molar-refractivity contribution in [2.75, 3.05) is 13.2 Å². The first-order chi connectivity index (χ1) is 9.33. The van der Waals surface area contributed by atoms with Gasteiger partial charge in [-0.1, -0.05) is 0 Å². The van der Waals surface area contributed by atoms with Crippen LogP contribution in [-0.2, 0) is 45.7 Å². The van der Waals surface area contributed by atoms with Crippen molar-refractivity contribution in [3.8, 4) is 0 Å². The molecule has 0 atom stereocenters. The summed E-state index contributed by atoms with van der Waals surface area (Å²) in [7, 11) is 0. The smallest absolute Gasteiger partial charge is 0.330 e. The largest absolute Gasteiger partial charge is 0.478 e. The van der Waals surface area contributed by atoms with Gasteiger partial charge < -0.3 is 19.7 Å². The third kappa shape index (κ3) is 23.4. The summed E-state index contributed by atoms with van der Waals surface area (Å²) in [5.41, 5.74) is 0. The molecular formula is C12H16CuO8. The molecule has 0 saturated heterocycles. The molecule has 0 saturated carbocycles. The zero-order valence-corrected chi connectivity index (χ0v) is 12.3. The average molecular weight is 352 g/mol. The topological polar surface area (TPSA) is 127 Å². The van der Waals surface area contributed by atoms with E-state index in [1.807, 2.05) is 0 Å². The van der Waals surface area contributed by atoms with Crippen molar-refractivity contribution < 1.29 is 55.9 Å². The van der Waals surface area contributed by atoms with Crippen LogP contribution >= 0.6 is 0 Å². The maximum absolute atomic E-state index is 10.4. The molecule has 0 aromatic heterocycles. The molecule has 123 valence electrons. The Bertz CT molecular complexity index is 362. The zero-order valence-electron chi connectivity index (χ0n) is 11.4. The molecule has 0 aliphatic rings. The summed E-state index contributed by atoms with van der Waals surface area (Å²) in [6, 6.07) is 0. The van der Waals surface area contributed by atoms with Gasteiger partial charge in [-0.05, 0) is 13.8 Å². The standard InChI is InChI=1S/2C6H8O4.Cu/c2*1-2-10-6(9)4-3-5(7)8;/h2*3-4H,2H2,1H3,(H,7,8);/b2*4-3+;. The molecule has 0 bridgehead atoms. The molecule has 0 aromatic rings. The third-order valence-electron chi connectivity index (χ3n) is 1.30. The summed E-state index contributed by atoms with van der Waals surface area (Å²) >= 11 is 0. The normalized spacial score (nSPS) is 9.24. The summed E-state index contributed by atoms with van der Waals surface area (Å²) in [4.78, 5) is 40.4. The van der Waals surface area contributed by atoms with Crippen LogP contribution in [0.2, 0.25) is 0 Å². The van der Waals surface area contributed by atoms with Gasteiger partial charge in [0.05, 0.1) is 13.2 Å². The molecule has 0 amide bonds. The fourth-order valence-electron chi connectivity index (χ4n) is 0.659. The number of esters is 2. The van der Waals surface area contributed by atoms with Crippen molar-refractivity contribution in [1.29, 1.82) is 0 Å². The Balaban J connectivity index is -0.000000295. The summed E-state index contributed by atoms with van der Waals surface area (Å²) in [6.07, 6.45) is 3.20. The van der Waals surface area contributed by atoms with E-state index in [-0.39, 0.29) is 30.3 Å². The Kier molecular flexibility index (Phi) is 18.2. The molecule has 0 unspecified atom stereocenters. The first-order valence-corrected chi connectivity index (χ1v) is 5.48. The van der Waals surface area contributed by atoms with E-state index in [4.69, 9.17) is 10.2 Å². The number of carboxylic acids is 2. The average Bonchev–Trinajstić information content (AvgIpc) is 2.35. The Hall–Kier alpha value is -2.12. The number of carboxylic acid groups (broad SMARTS) is 2. The molecule has 0 aliphatic carbocycles. The predicted octanol–water partition coefficient (Wildman–Crippen LogP) is 0.378. The number of aliphatic carboxylic acids is 2. The van der Waals surface area contributed by atoms with Gasteiger partial charge in [0, 0.05) is 41.4 Å². The minimum absolute atomic E-state index is 0. The van der Waals surface area contributed by atoms with Crippen molar-refractivity contribution >= 4 is 23.9 Å². The monoisotopic (exact) mass is 351 g/mol. The summed E-state index contributed by atoms with van der Waals surface area (Å²) in [6.45, 7) is 3.80. The second-order valence-corrected chi connectivity index (χ2v) is 2.85. The molecule has 0 spiro atoms. The predicted molar refractivity (Wildman–Crippen MR) is 66.8 cm³/mol. The first kappa shape index (κ1) is 23.9. The van der Waals surface area contributed by atoms with Crippen LogP contribution in [0.5, 0.6) is 0 Å². The van der Waals surface area contributed by atoms with E-state index in [9.17, 15) is 19.2 Å². The van der Waals surface area contributed by atoms with Crippen molar-refractivity contribution in [3.63, 3.8) is 0 Å². The second-order valence-electron chi connectivity index (χ2n) is 2.85. The van der Waals surface area contributed by atoms with Crippen LogP contribution in [0, 0.1) is 0 Å². The van der Waals surface area contributed by atoms with Crippen LogP contribution in [0.25, 0.3) is 0 Å². The number of carbonyl (C=O) groups is 4. The third-order valence-corrected chi connectivity index (χ3v) is 1.30. The Morgan fingerprint density at radius 1 is 0.762 bits per heavy atom. The molecule has 0 rings (SSSR count). The minimum atomic E-state index is -1.16. The SMILES string of the molecule is CCOC(=O)/C=C/C(=O)O.CCOC(=O)/C=C/C(=O)O.[Cu]. The molecule has 9 heteroatoms. The van der Waals surface area contributed by atoms with Gasteiger partial charge in [-0.3, -0.25) is 0 Å². The minimum Gasteiger partial charge on any atom is -0.478 e. The second kappa shape index (κ2) is 15.9. The molecule has 8 nitrogen and oxygen atoms in total. The van der Waals surface area contributed by atoms with E-state index in [0.29, 0.717) is 0 Å². The first-order valence-electron chi connectivity index (χ1n) is 5.48.